The zero-order valence-corrected chi connectivity index (χ0v) is 7.94. The molecule has 0 aliphatic heterocycles. The highest BCUT2D eigenvalue weighted by molar-refractivity contribution is 5.93. The zero-order chi connectivity index (χ0) is 12.1. The van der Waals surface area contributed by atoms with Crippen molar-refractivity contribution in [3.05, 3.63) is 40.7 Å². The Morgan fingerprint density at radius 1 is 1.38 bits per heavy atom. The maximum absolute atomic E-state index is 13.2. The van der Waals surface area contributed by atoms with Crippen LogP contribution in [0.4, 0.5) is 4.39 Å². The molecule has 0 radical (unpaired) electrons. The molecule has 0 amide bonds. The number of allylic oxidation sites excluding steroid dienone is 1. The van der Waals surface area contributed by atoms with Gasteiger partial charge < -0.3 is 5.11 Å². The maximum atomic E-state index is 13.2. The fourth-order valence-electron chi connectivity index (χ4n) is 1.13. The van der Waals surface area contributed by atoms with Crippen LogP contribution in [0, 0.1) is 28.5 Å². The number of carboxylic acid groups (broad SMARTS) is 1. The molecular weight excluding hydrogens is 211 g/mol. The molecule has 0 aromatic heterocycles. The Morgan fingerprint density at radius 2 is 2.00 bits per heavy atom. The molecule has 0 fully saturated rings. The standard InChI is InChI=1S/C11H5FN2O2/c12-9-3-1-2-8(10(9)11(15)16)4-7(5-13)6-14/h1-4H,(H,15,16). The van der Waals surface area contributed by atoms with Gasteiger partial charge in [0.1, 0.15) is 29.1 Å². The van der Waals surface area contributed by atoms with Crippen molar-refractivity contribution in [1.82, 2.24) is 0 Å². The van der Waals surface area contributed by atoms with E-state index in [2.05, 4.69) is 0 Å². The molecule has 4 nitrogen and oxygen atoms in total. The minimum atomic E-state index is -1.44. The van der Waals surface area contributed by atoms with E-state index in [1.807, 2.05) is 0 Å². The molecule has 1 aromatic carbocycles. The Morgan fingerprint density at radius 3 is 2.50 bits per heavy atom. The summed E-state index contributed by atoms with van der Waals surface area (Å²) in [5.41, 5.74) is -0.843. The lowest BCUT2D eigenvalue weighted by molar-refractivity contribution is 0.0691. The second-order valence-corrected chi connectivity index (χ2v) is 2.79. The molecule has 0 saturated heterocycles. The highest BCUT2D eigenvalue weighted by Crippen LogP contribution is 2.16. The molecule has 0 bridgehead atoms. The Kier molecular flexibility index (Phi) is 3.37. The predicted octanol–water partition coefficient (Wildman–Crippen LogP) is 1.95. The summed E-state index contributed by atoms with van der Waals surface area (Å²) < 4.78 is 13.2. The van der Waals surface area contributed by atoms with Gasteiger partial charge in [0.2, 0.25) is 0 Å². The van der Waals surface area contributed by atoms with Gasteiger partial charge in [0.05, 0.1) is 0 Å². The maximum Gasteiger partial charge on any atom is 0.339 e. The van der Waals surface area contributed by atoms with Gasteiger partial charge in [-0.1, -0.05) is 12.1 Å². The molecule has 0 heterocycles. The van der Waals surface area contributed by atoms with E-state index in [9.17, 15) is 9.18 Å². The van der Waals surface area contributed by atoms with Crippen LogP contribution in [0.1, 0.15) is 15.9 Å². The van der Waals surface area contributed by atoms with E-state index < -0.39 is 17.3 Å². The van der Waals surface area contributed by atoms with Crippen LogP contribution in [0.3, 0.4) is 0 Å². The molecule has 0 saturated carbocycles. The summed E-state index contributed by atoms with van der Waals surface area (Å²) in [6.07, 6.45) is 1.03. The number of halogens is 1. The highest BCUT2D eigenvalue weighted by atomic mass is 19.1. The van der Waals surface area contributed by atoms with Crippen LogP contribution in [0.25, 0.3) is 6.08 Å². The third kappa shape index (κ3) is 2.23. The van der Waals surface area contributed by atoms with Crippen molar-refractivity contribution < 1.29 is 14.3 Å². The van der Waals surface area contributed by atoms with E-state index >= 15 is 0 Å². The summed E-state index contributed by atoms with van der Waals surface area (Å²) >= 11 is 0. The normalized spacial score (nSPS) is 8.69. The van der Waals surface area contributed by atoms with E-state index in [0.29, 0.717) is 0 Å². The van der Waals surface area contributed by atoms with Gasteiger partial charge in [-0.3, -0.25) is 0 Å². The summed E-state index contributed by atoms with van der Waals surface area (Å²) in [6.45, 7) is 0. The smallest absolute Gasteiger partial charge is 0.339 e. The first kappa shape index (κ1) is 11.4. The van der Waals surface area contributed by atoms with Gasteiger partial charge in [-0.2, -0.15) is 10.5 Å². The summed E-state index contributed by atoms with van der Waals surface area (Å²) in [5, 5.41) is 25.8. The lowest BCUT2D eigenvalue weighted by Crippen LogP contribution is -2.03. The number of hydrogen-bond acceptors (Lipinski definition) is 3. The molecular formula is C11H5FN2O2. The highest BCUT2D eigenvalue weighted by Gasteiger charge is 2.14. The van der Waals surface area contributed by atoms with Crippen LogP contribution < -0.4 is 0 Å². The van der Waals surface area contributed by atoms with Gasteiger partial charge in [0.15, 0.2) is 0 Å². The molecule has 16 heavy (non-hydrogen) atoms. The van der Waals surface area contributed by atoms with Crippen LogP contribution in [0.5, 0.6) is 0 Å². The second kappa shape index (κ2) is 4.72. The zero-order valence-electron chi connectivity index (χ0n) is 7.94. The van der Waals surface area contributed by atoms with E-state index in [4.69, 9.17) is 15.6 Å². The van der Waals surface area contributed by atoms with Crippen molar-refractivity contribution in [1.29, 1.82) is 10.5 Å². The third-order valence-corrected chi connectivity index (χ3v) is 1.80. The number of carbonyl (C=O) groups is 1. The monoisotopic (exact) mass is 216 g/mol. The molecule has 1 N–H and O–H groups in total. The van der Waals surface area contributed by atoms with Crippen molar-refractivity contribution >= 4 is 12.0 Å². The van der Waals surface area contributed by atoms with E-state index in [1.54, 1.807) is 12.1 Å². The molecule has 0 unspecified atom stereocenters. The Balaban J connectivity index is 3.43. The van der Waals surface area contributed by atoms with Crippen molar-refractivity contribution in [2.75, 3.05) is 0 Å². The fourth-order valence-corrected chi connectivity index (χ4v) is 1.13. The molecule has 0 aliphatic carbocycles. The van der Waals surface area contributed by atoms with Gasteiger partial charge in [0, 0.05) is 0 Å². The molecule has 0 aliphatic rings. The predicted molar refractivity (Wildman–Crippen MR) is 52.6 cm³/mol. The minimum absolute atomic E-state index is 0.00870. The molecule has 78 valence electrons. The average molecular weight is 216 g/mol. The van der Waals surface area contributed by atoms with Crippen molar-refractivity contribution in [2.45, 2.75) is 0 Å². The van der Waals surface area contributed by atoms with Crippen molar-refractivity contribution in [3.63, 3.8) is 0 Å². The van der Waals surface area contributed by atoms with Gasteiger partial charge >= 0.3 is 5.97 Å². The largest absolute Gasteiger partial charge is 0.478 e. The topological polar surface area (TPSA) is 84.9 Å². The van der Waals surface area contributed by atoms with Gasteiger partial charge in [0.25, 0.3) is 0 Å². The van der Waals surface area contributed by atoms with E-state index in [0.717, 1.165) is 12.1 Å². The SMILES string of the molecule is N#CC(C#N)=Cc1cccc(F)c1C(=O)O. The molecule has 1 rings (SSSR count). The number of benzene rings is 1. The van der Waals surface area contributed by atoms with Crippen LogP contribution >= 0.6 is 0 Å². The number of carboxylic acids is 1. The van der Waals surface area contributed by atoms with Crippen LogP contribution in [0.15, 0.2) is 23.8 Å². The lowest BCUT2D eigenvalue weighted by Gasteiger charge is -2.01. The molecule has 0 spiro atoms. The molecule has 5 heteroatoms. The first-order valence-corrected chi connectivity index (χ1v) is 4.14. The van der Waals surface area contributed by atoms with Crippen LogP contribution in [-0.4, -0.2) is 11.1 Å². The van der Waals surface area contributed by atoms with Crippen molar-refractivity contribution in [3.8, 4) is 12.1 Å². The molecule has 1 aromatic rings. The van der Waals surface area contributed by atoms with Gasteiger partial charge in [-0.25, -0.2) is 9.18 Å². The lowest BCUT2D eigenvalue weighted by atomic mass is 10.0. The quantitative estimate of drug-likeness (QED) is 0.765. The van der Waals surface area contributed by atoms with Gasteiger partial charge in [-0.05, 0) is 17.7 Å². The molecule has 0 atom stereocenters. The summed E-state index contributed by atoms with van der Waals surface area (Å²) in [7, 11) is 0. The number of hydrogen-bond donors (Lipinski definition) is 1. The number of nitriles is 2. The first-order valence-electron chi connectivity index (χ1n) is 4.14. The third-order valence-electron chi connectivity index (χ3n) is 1.80. The number of nitrogens with zero attached hydrogens (tertiary/aromatic N) is 2. The first-order chi connectivity index (χ1) is 7.60. The number of rotatable bonds is 2. The summed E-state index contributed by atoms with van der Waals surface area (Å²) in [4.78, 5) is 10.8. The second-order valence-electron chi connectivity index (χ2n) is 2.79. The Hall–Kier alpha value is -2.66. The Labute approximate surface area is 90.5 Å². The number of aromatic carboxylic acids is 1. The van der Waals surface area contributed by atoms with Gasteiger partial charge in [-0.15, -0.1) is 0 Å². The summed E-state index contributed by atoms with van der Waals surface area (Å²) in [6, 6.07) is 6.77. The van der Waals surface area contributed by atoms with Crippen molar-refractivity contribution in [2.24, 2.45) is 0 Å². The minimum Gasteiger partial charge on any atom is -0.478 e. The average Bonchev–Trinajstić information content (AvgIpc) is 2.25. The van der Waals surface area contributed by atoms with Crippen LogP contribution in [0.2, 0.25) is 0 Å². The van der Waals surface area contributed by atoms with E-state index in [-0.39, 0.29) is 11.1 Å². The van der Waals surface area contributed by atoms with Crippen LogP contribution in [-0.2, 0) is 0 Å². The Bertz CT molecular complexity index is 534. The summed E-state index contributed by atoms with van der Waals surface area (Å²) in [5.74, 6) is -2.35. The van der Waals surface area contributed by atoms with E-state index in [1.165, 1.54) is 12.1 Å². The fraction of sp³-hybridized carbons (Fsp3) is 0.